The van der Waals surface area contributed by atoms with Crippen molar-refractivity contribution in [2.24, 2.45) is 0 Å². The normalized spacial score (nSPS) is 10.9. The van der Waals surface area contributed by atoms with Gasteiger partial charge in [-0.05, 0) is 6.42 Å². The van der Waals surface area contributed by atoms with Crippen molar-refractivity contribution in [1.29, 1.82) is 0 Å². The lowest BCUT2D eigenvalue weighted by molar-refractivity contribution is 0.334. The topological polar surface area (TPSA) is 9.23 Å². The molecule has 0 rings (SSSR count). The van der Waals surface area contributed by atoms with Crippen LogP contribution in [0.25, 0.3) is 0 Å². The molecule has 0 saturated carbocycles. The molecule has 0 aromatic carbocycles. The summed E-state index contributed by atoms with van der Waals surface area (Å²) < 4.78 is 4.51. The number of rotatable bonds is 14. The SMILES string of the molecule is CCCCCCCCCCCCCCCOCl. The Kier molecular flexibility index (Phi) is 16.5. The smallest absolute Gasteiger partial charge is 0.0682 e. The van der Waals surface area contributed by atoms with E-state index in [1.165, 1.54) is 77.0 Å². The Morgan fingerprint density at radius 2 is 0.941 bits per heavy atom. The van der Waals surface area contributed by atoms with E-state index in [1.54, 1.807) is 0 Å². The second-order valence-corrected chi connectivity index (χ2v) is 5.27. The van der Waals surface area contributed by atoms with Crippen molar-refractivity contribution in [2.75, 3.05) is 6.61 Å². The number of unbranched alkanes of at least 4 members (excludes halogenated alkanes) is 12. The van der Waals surface area contributed by atoms with Crippen molar-refractivity contribution in [3.05, 3.63) is 0 Å². The van der Waals surface area contributed by atoms with Gasteiger partial charge in [-0.3, -0.25) is 4.29 Å². The Balaban J connectivity index is 2.85. The summed E-state index contributed by atoms with van der Waals surface area (Å²) in [5.74, 6) is 0. The van der Waals surface area contributed by atoms with Gasteiger partial charge in [-0.1, -0.05) is 84.0 Å². The van der Waals surface area contributed by atoms with Crippen LogP contribution in [0.1, 0.15) is 90.4 Å². The Morgan fingerprint density at radius 3 is 1.29 bits per heavy atom. The van der Waals surface area contributed by atoms with Gasteiger partial charge >= 0.3 is 0 Å². The summed E-state index contributed by atoms with van der Waals surface area (Å²) in [6.07, 6.45) is 18.0. The summed E-state index contributed by atoms with van der Waals surface area (Å²) >= 11 is 5.14. The average Bonchev–Trinajstić information content (AvgIpc) is 2.35. The molecule has 1 nitrogen and oxygen atoms in total. The van der Waals surface area contributed by atoms with Gasteiger partial charge in [0, 0.05) is 0 Å². The van der Waals surface area contributed by atoms with E-state index < -0.39 is 0 Å². The fraction of sp³-hybridized carbons (Fsp3) is 1.00. The molecule has 2 heteroatoms. The van der Waals surface area contributed by atoms with Crippen molar-refractivity contribution in [3.63, 3.8) is 0 Å². The lowest BCUT2D eigenvalue weighted by Gasteiger charge is -2.02. The fourth-order valence-electron chi connectivity index (χ4n) is 2.17. The molecular formula is C15H31ClO. The van der Waals surface area contributed by atoms with Gasteiger partial charge in [0.05, 0.1) is 18.5 Å². The molecule has 0 aliphatic heterocycles. The van der Waals surface area contributed by atoms with Gasteiger partial charge in [0.1, 0.15) is 0 Å². The highest BCUT2D eigenvalue weighted by Gasteiger charge is 1.93. The van der Waals surface area contributed by atoms with Gasteiger partial charge in [-0.2, -0.15) is 0 Å². The molecule has 17 heavy (non-hydrogen) atoms. The lowest BCUT2D eigenvalue weighted by Crippen LogP contribution is -1.85. The highest BCUT2D eigenvalue weighted by Crippen LogP contribution is 2.12. The quantitative estimate of drug-likeness (QED) is 0.336. The van der Waals surface area contributed by atoms with E-state index in [0.29, 0.717) is 6.61 Å². The predicted octanol–water partition coefficient (Wildman–Crippen LogP) is 6.25. The third-order valence-electron chi connectivity index (χ3n) is 3.33. The molecule has 0 heterocycles. The molecular weight excluding hydrogens is 232 g/mol. The lowest BCUT2D eigenvalue weighted by atomic mass is 10.0. The minimum Gasteiger partial charge on any atom is -0.279 e. The first kappa shape index (κ1) is 17.2. The fourth-order valence-corrected chi connectivity index (χ4v) is 2.28. The van der Waals surface area contributed by atoms with Crippen molar-refractivity contribution in [1.82, 2.24) is 0 Å². The van der Waals surface area contributed by atoms with Crippen LogP contribution in [0.15, 0.2) is 0 Å². The molecule has 0 N–H and O–H groups in total. The zero-order chi connectivity index (χ0) is 12.6. The highest BCUT2D eigenvalue weighted by molar-refractivity contribution is 6.07. The van der Waals surface area contributed by atoms with E-state index in [4.69, 9.17) is 11.9 Å². The van der Waals surface area contributed by atoms with Crippen LogP contribution in [0.3, 0.4) is 0 Å². The third-order valence-corrected chi connectivity index (χ3v) is 3.48. The molecule has 0 aliphatic rings. The van der Waals surface area contributed by atoms with E-state index in [-0.39, 0.29) is 0 Å². The molecule has 0 unspecified atom stereocenters. The van der Waals surface area contributed by atoms with Crippen molar-refractivity contribution >= 4 is 11.9 Å². The summed E-state index contributed by atoms with van der Waals surface area (Å²) in [5, 5.41) is 0. The van der Waals surface area contributed by atoms with Crippen LogP contribution in [-0.2, 0) is 4.29 Å². The first-order valence-corrected chi connectivity index (χ1v) is 7.96. The second-order valence-electron chi connectivity index (χ2n) is 5.06. The maximum atomic E-state index is 5.14. The van der Waals surface area contributed by atoms with E-state index in [2.05, 4.69) is 11.2 Å². The summed E-state index contributed by atoms with van der Waals surface area (Å²) in [6.45, 7) is 2.98. The molecule has 0 saturated heterocycles. The maximum Gasteiger partial charge on any atom is 0.0682 e. The second kappa shape index (κ2) is 16.2. The zero-order valence-corrected chi connectivity index (χ0v) is 12.4. The Bertz CT molecular complexity index is 114. The maximum absolute atomic E-state index is 5.14. The van der Waals surface area contributed by atoms with Gasteiger partial charge in [0.2, 0.25) is 0 Å². The molecule has 0 aromatic heterocycles. The standard InChI is InChI=1S/C15H31ClO/c1-2-3-4-5-6-7-8-9-10-11-12-13-14-15-17-16/h2-15H2,1H3. The van der Waals surface area contributed by atoms with Gasteiger partial charge in [0.15, 0.2) is 0 Å². The Hall–Kier alpha value is 0.250. The Morgan fingerprint density at radius 1 is 0.588 bits per heavy atom. The summed E-state index contributed by atoms with van der Waals surface area (Å²) in [6, 6.07) is 0. The minimum atomic E-state index is 0.708. The molecule has 0 atom stereocenters. The van der Waals surface area contributed by atoms with E-state index in [0.717, 1.165) is 6.42 Å². The Labute approximate surface area is 113 Å². The average molecular weight is 263 g/mol. The van der Waals surface area contributed by atoms with Crippen molar-refractivity contribution < 1.29 is 4.29 Å². The van der Waals surface area contributed by atoms with Crippen LogP contribution in [0, 0.1) is 0 Å². The molecule has 0 bridgehead atoms. The zero-order valence-electron chi connectivity index (χ0n) is 11.7. The van der Waals surface area contributed by atoms with Gasteiger partial charge in [-0.25, -0.2) is 0 Å². The highest BCUT2D eigenvalue weighted by atomic mass is 35.5. The van der Waals surface area contributed by atoms with Crippen LogP contribution < -0.4 is 0 Å². The van der Waals surface area contributed by atoms with E-state index in [9.17, 15) is 0 Å². The summed E-state index contributed by atoms with van der Waals surface area (Å²) in [5.41, 5.74) is 0. The molecule has 0 spiro atoms. The third kappa shape index (κ3) is 16.2. The number of hydrogen-bond acceptors (Lipinski definition) is 1. The first-order chi connectivity index (χ1) is 8.41. The number of halogens is 1. The van der Waals surface area contributed by atoms with Gasteiger partial charge < -0.3 is 0 Å². The monoisotopic (exact) mass is 262 g/mol. The van der Waals surface area contributed by atoms with Crippen LogP contribution in [0.2, 0.25) is 0 Å². The molecule has 0 amide bonds. The minimum absolute atomic E-state index is 0.708. The van der Waals surface area contributed by atoms with Gasteiger partial charge in [-0.15, -0.1) is 0 Å². The first-order valence-electron chi connectivity index (χ1n) is 7.65. The van der Waals surface area contributed by atoms with Crippen molar-refractivity contribution in [3.8, 4) is 0 Å². The van der Waals surface area contributed by atoms with Crippen molar-refractivity contribution in [2.45, 2.75) is 90.4 Å². The largest absolute Gasteiger partial charge is 0.279 e. The summed E-state index contributed by atoms with van der Waals surface area (Å²) in [4.78, 5) is 0. The van der Waals surface area contributed by atoms with Gasteiger partial charge in [0.25, 0.3) is 0 Å². The predicted molar refractivity (Wildman–Crippen MR) is 77.5 cm³/mol. The van der Waals surface area contributed by atoms with E-state index in [1.807, 2.05) is 0 Å². The number of hydrogen-bond donors (Lipinski definition) is 0. The molecule has 0 radical (unpaired) electrons. The molecule has 0 fully saturated rings. The molecule has 0 aromatic rings. The molecule has 0 aliphatic carbocycles. The van der Waals surface area contributed by atoms with Crippen LogP contribution in [-0.4, -0.2) is 6.61 Å². The van der Waals surface area contributed by atoms with E-state index >= 15 is 0 Å². The van der Waals surface area contributed by atoms with Crippen LogP contribution >= 0.6 is 11.9 Å². The summed E-state index contributed by atoms with van der Waals surface area (Å²) in [7, 11) is 0. The van der Waals surface area contributed by atoms with Crippen LogP contribution in [0.4, 0.5) is 0 Å². The molecule has 104 valence electrons. The van der Waals surface area contributed by atoms with Crippen LogP contribution in [0.5, 0.6) is 0 Å².